The first-order valence-electron chi connectivity index (χ1n) is 5.58. The first-order chi connectivity index (χ1) is 9.16. The highest BCUT2D eigenvalue weighted by Crippen LogP contribution is 2.16. The lowest BCUT2D eigenvalue weighted by Crippen LogP contribution is -2.09. The number of para-hydroxylation sites is 1. The van der Waals surface area contributed by atoms with Crippen molar-refractivity contribution in [3.63, 3.8) is 0 Å². The van der Waals surface area contributed by atoms with Crippen LogP contribution >= 0.6 is 11.5 Å². The van der Waals surface area contributed by atoms with Crippen molar-refractivity contribution >= 4 is 28.3 Å². The Balaban J connectivity index is 2.20. The fraction of sp³-hybridized carbons (Fsp3) is 0. The van der Waals surface area contributed by atoms with Crippen LogP contribution in [-0.4, -0.2) is 9.86 Å². The van der Waals surface area contributed by atoms with E-state index in [0.717, 1.165) is 17.6 Å². The SMILES string of the molecule is O=C(c1cccc(F)c1)n1sc(=O)c2ccccc21. The van der Waals surface area contributed by atoms with E-state index in [2.05, 4.69) is 0 Å². The molecule has 0 amide bonds. The zero-order chi connectivity index (χ0) is 13.4. The van der Waals surface area contributed by atoms with Crippen LogP contribution in [-0.2, 0) is 0 Å². The number of hydrogen-bond acceptors (Lipinski definition) is 3. The van der Waals surface area contributed by atoms with Crippen LogP contribution in [0.25, 0.3) is 10.9 Å². The minimum Gasteiger partial charge on any atom is -0.276 e. The molecule has 0 N–H and O–H groups in total. The van der Waals surface area contributed by atoms with Gasteiger partial charge < -0.3 is 0 Å². The summed E-state index contributed by atoms with van der Waals surface area (Å²) in [5.74, 6) is -0.877. The minimum absolute atomic E-state index is 0.180. The molecule has 0 unspecified atom stereocenters. The van der Waals surface area contributed by atoms with Gasteiger partial charge in [0.25, 0.3) is 10.6 Å². The maximum absolute atomic E-state index is 13.1. The summed E-state index contributed by atoms with van der Waals surface area (Å²) in [6.45, 7) is 0. The molecule has 3 rings (SSSR count). The number of rotatable bonds is 1. The molecule has 0 bridgehead atoms. The second-order valence-electron chi connectivity index (χ2n) is 4.01. The van der Waals surface area contributed by atoms with E-state index in [0.29, 0.717) is 10.9 Å². The molecule has 19 heavy (non-hydrogen) atoms. The molecule has 0 aliphatic rings. The monoisotopic (exact) mass is 273 g/mol. The van der Waals surface area contributed by atoms with Gasteiger partial charge >= 0.3 is 0 Å². The third-order valence-corrected chi connectivity index (χ3v) is 3.70. The summed E-state index contributed by atoms with van der Waals surface area (Å²) in [6.07, 6.45) is 0. The van der Waals surface area contributed by atoms with Crippen LogP contribution in [0.15, 0.2) is 53.3 Å². The molecule has 0 spiro atoms. The third kappa shape index (κ3) is 1.98. The molecule has 0 fully saturated rings. The second kappa shape index (κ2) is 4.44. The lowest BCUT2D eigenvalue weighted by molar-refractivity contribution is 0.0975. The molecule has 94 valence electrons. The summed E-state index contributed by atoms with van der Waals surface area (Å²) in [5.41, 5.74) is 0.767. The van der Waals surface area contributed by atoms with E-state index in [1.54, 1.807) is 24.3 Å². The summed E-state index contributed by atoms with van der Waals surface area (Å²) in [5, 5.41) is 0.497. The number of carbonyl (C=O) groups excluding carboxylic acids is 1. The van der Waals surface area contributed by atoms with Crippen molar-refractivity contribution in [1.82, 2.24) is 3.96 Å². The van der Waals surface area contributed by atoms with E-state index in [4.69, 9.17) is 0 Å². The van der Waals surface area contributed by atoms with Gasteiger partial charge in [0.2, 0.25) is 0 Å². The Morgan fingerprint density at radius 1 is 1.11 bits per heavy atom. The van der Waals surface area contributed by atoms with Gasteiger partial charge in [0, 0.05) is 5.56 Å². The van der Waals surface area contributed by atoms with Crippen molar-refractivity contribution in [3.8, 4) is 0 Å². The Morgan fingerprint density at radius 2 is 1.89 bits per heavy atom. The Kier molecular flexibility index (Phi) is 2.76. The molecule has 3 nitrogen and oxygen atoms in total. The number of nitrogens with zero attached hydrogens (tertiary/aromatic N) is 1. The van der Waals surface area contributed by atoms with Crippen LogP contribution < -0.4 is 4.74 Å². The van der Waals surface area contributed by atoms with Gasteiger partial charge in [0.15, 0.2) is 0 Å². The number of aromatic nitrogens is 1. The van der Waals surface area contributed by atoms with Gasteiger partial charge in [-0.1, -0.05) is 18.2 Å². The third-order valence-electron chi connectivity index (χ3n) is 2.77. The van der Waals surface area contributed by atoms with Gasteiger partial charge in [-0.25, -0.2) is 8.35 Å². The van der Waals surface area contributed by atoms with Crippen molar-refractivity contribution in [2.75, 3.05) is 0 Å². The van der Waals surface area contributed by atoms with Gasteiger partial charge in [-0.2, -0.15) is 0 Å². The summed E-state index contributed by atoms with van der Waals surface area (Å²) in [6, 6.07) is 12.3. The fourth-order valence-electron chi connectivity index (χ4n) is 1.89. The highest BCUT2D eigenvalue weighted by Gasteiger charge is 2.15. The average Bonchev–Trinajstić information content (AvgIpc) is 2.76. The average molecular weight is 273 g/mol. The van der Waals surface area contributed by atoms with Crippen LogP contribution in [0.5, 0.6) is 0 Å². The molecule has 0 aliphatic heterocycles. The molecular weight excluding hydrogens is 265 g/mol. The van der Waals surface area contributed by atoms with Gasteiger partial charge in [-0.3, -0.25) is 9.59 Å². The zero-order valence-corrected chi connectivity index (χ0v) is 10.5. The number of halogens is 1. The number of hydrogen-bond donors (Lipinski definition) is 0. The topological polar surface area (TPSA) is 39.1 Å². The summed E-state index contributed by atoms with van der Waals surface area (Å²) in [4.78, 5) is 24.1. The molecule has 1 heterocycles. The molecule has 2 aromatic carbocycles. The molecule has 0 radical (unpaired) electrons. The van der Waals surface area contributed by atoms with Crippen LogP contribution in [0.2, 0.25) is 0 Å². The summed E-state index contributed by atoms with van der Waals surface area (Å²) >= 11 is 0.826. The Bertz CT molecular complexity index is 835. The highest BCUT2D eigenvalue weighted by atomic mass is 32.1. The molecule has 0 saturated heterocycles. The van der Waals surface area contributed by atoms with Crippen LogP contribution in [0.4, 0.5) is 4.39 Å². The summed E-state index contributed by atoms with van der Waals surface area (Å²) < 4.78 is 14.3. The van der Waals surface area contributed by atoms with E-state index < -0.39 is 11.7 Å². The van der Waals surface area contributed by atoms with Gasteiger partial charge in [-0.05, 0) is 41.9 Å². The van der Waals surface area contributed by atoms with Crippen molar-refractivity contribution < 1.29 is 9.18 Å². The molecule has 5 heteroatoms. The normalized spacial score (nSPS) is 10.8. The van der Waals surface area contributed by atoms with Crippen LogP contribution in [0.1, 0.15) is 10.4 Å². The quantitative estimate of drug-likeness (QED) is 0.684. The molecule has 0 saturated carbocycles. The smallest absolute Gasteiger partial charge is 0.271 e. The van der Waals surface area contributed by atoms with Gasteiger partial charge in [0.05, 0.1) is 10.9 Å². The molecule has 1 aromatic heterocycles. The largest absolute Gasteiger partial charge is 0.276 e. The van der Waals surface area contributed by atoms with E-state index in [-0.39, 0.29) is 10.3 Å². The predicted molar refractivity (Wildman–Crippen MR) is 72.2 cm³/mol. The Labute approximate surface area is 111 Å². The lowest BCUT2D eigenvalue weighted by atomic mass is 10.2. The Hall–Kier alpha value is -2.27. The maximum atomic E-state index is 13.1. The van der Waals surface area contributed by atoms with E-state index in [9.17, 15) is 14.0 Å². The Morgan fingerprint density at radius 3 is 2.68 bits per heavy atom. The van der Waals surface area contributed by atoms with Gasteiger partial charge in [-0.15, -0.1) is 0 Å². The predicted octanol–water partition coefficient (Wildman–Crippen LogP) is 2.89. The number of fused-ring (bicyclic) bond motifs is 1. The van der Waals surface area contributed by atoms with E-state index >= 15 is 0 Å². The lowest BCUT2D eigenvalue weighted by Gasteiger charge is -2.02. The molecule has 0 aliphatic carbocycles. The first kappa shape index (κ1) is 11.8. The molecule has 3 aromatic rings. The maximum Gasteiger partial charge on any atom is 0.271 e. The highest BCUT2D eigenvalue weighted by molar-refractivity contribution is 7.06. The van der Waals surface area contributed by atoms with E-state index in [1.807, 2.05) is 0 Å². The van der Waals surface area contributed by atoms with Crippen molar-refractivity contribution in [1.29, 1.82) is 0 Å². The van der Waals surface area contributed by atoms with Crippen molar-refractivity contribution in [3.05, 3.63) is 69.4 Å². The van der Waals surface area contributed by atoms with Crippen LogP contribution in [0, 0.1) is 5.82 Å². The zero-order valence-electron chi connectivity index (χ0n) is 9.67. The van der Waals surface area contributed by atoms with Gasteiger partial charge in [0.1, 0.15) is 5.82 Å². The van der Waals surface area contributed by atoms with Crippen molar-refractivity contribution in [2.45, 2.75) is 0 Å². The number of carbonyl (C=O) groups is 1. The summed E-state index contributed by atoms with van der Waals surface area (Å²) in [7, 11) is 0. The molecule has 0 atom stereocenters. The minimum atomic E-state index is -0.477. The second-order valence-corrected chi connectivity index (χ2v) is 4.92. The standard InChI is InChI=1S/C14H8FNO2S/c15-10-5-3-4-9(8-10)13(17)16-12-7-2-1-6-11(12)14(18)19-16/h1-8H. The van der Waals surface area contributed by atoms with E-state index in [1.165, 1.54) is 22.2 Å². The molecular formula is C14H8FNO2S. The van der Waals surface area contributed by atoms with Crippen LogP contribution in [0.3, 0.4) is 0 Å². The number of benzene rings is 2. The van der Waals surface area contributed by atoms with Crippen molar-refractivity contribution in [2.24, 2.45) is 0 Å². The first-order valence-corrected chi connectivity index (χ1v) is 6.35. The fourth-order valence-corrected chi connectivity index (χ4v) is 2.78.